The fourth-order valence-corrected chi connectivity index (χ4v) is 3.31. The second kappa shape index (κ2) is 8.32. The Labute approximate surface area is 148 Å². The molecule has 5 nitrogen and oxygen atoms in total. The summed E-state index contributed by atoms with van der Waals surface area (Å²) in [5.74, 6) is 0.749. The highest BCUT2D eigenvalue weighted by molar-refractivity contribution is 5.86. The Morgan fingerprint density at radius 1 is 1.16 bits per heavy atom. The summed E-state index contributed by atoms with van der Waals surface area (Å²) >= 11 is 0. The minimum absolute atomic E-state index is 0.153. The molecule has 2 heterocycles. The van der Waals surface area contributed by atoms with Crippen molar-refractivity contribution in [3.8, 4) is 0 Å². The van der Waals surface area contributed by atoms with E-state index in [1.54, 1.807) is 11.2 Å². The second-order valence-electron chi connectivity index (χ2n) is 6.67. The minimum atomic E-state index is -1.29. The summed E-state index contributed by atoms with van der Waals surface area (Å²) in [4.78, 5) is 14.5. The largest absolute Gasteiger partial charge is 0.469 e. The van der Waals surface area contributed by atoms with Gasteiger partial charge < -0.3 is 19.7 Å². The highest BCUT2D eigenvalue weighted by atomic mass is 16.3. The SMILES string of the molecule is O=C1N(CCc2ccccc2)CCC[C@@]1(O)CNCCc1ccco1. The number of hydrogen-bond donors (Lipinski definition) is 2. The van der Waals surface area contributed by atoms with E-state index in [9.17, 15) is 9.90 Å². The lowest BCUT2D eigenvalue weighted by atomic mass is 9.91. The summed E-state index contributed by atoms with van der Waals surface area (Å²) in [7, 11) is 0. The number of likely N-dealkylation sites (tertiary alicyclic amines) is 1. The molecule has 0 unspecified atom stereocenters. The topological polar surface area (TPSA) is 65.7 Å². The first-order valence-electron chi connectivity index (χ1n) is 8.96. The first-order chi connectivity index (χ1) is 12.2. The van der Waals surface area contributed by atoms with Gasteiger partial charge in [0.25, 0.3) is 5.91 Å². The van der Waals surface area contributed by atoms with Gasteiger partial charge in [-0.2, -0.15) is 0 Å². The third-order valence-electron chi connectivity index (χ3n) is 4.76. The van der Waals surface area contributed by atoms with E-state index >= 15 is 0 Å². The maximum atomic E-state index is 12.7. The monoisotopic (exact) mass is 342 g/mol. The van der Waals surface area contributed by atoms with E-state index in [4.69, 9.17) is 4.42 Å². The molecule has 1 saturated heterocycles. The lowest BCUT2D eigenvalue weighted by Gasteiger charge is -2.38. The normalized spacial score (nSPS) is 20.8. The Balaban J connectivity index is 1.47. The van der Waals surface area contributed by atoms with Gasteiger partial charge in [0.05, 0.1) is 6.26 Å². The van der Waals surface area contributed by atoms with Crippen LogP contribution < -0.4 is 5.32 Å². The van der Waals surface area contributed by atoms with E-state index < -0.39 is 5.60 Å². The highest BCUT2D eigenvalue weighted by Crippen LogP contribution is 2.22. The van der Waals surface area contributed by atoms with Gasteiger partial charge in [-0.25, -0.2) is 0 Å². The highest BCUT2D eigenvalue weighted by Gasteiger charge is 2.41. The molecule has 1 amide bonds. The third kappa shape index (κ3) is 4.71. The quantitative estimate of drug-likeness (QED) is 0.720. The number of benzene rings is 1. The van der Waals surface area contributed by atoms with E-state index in [1.165, 1.54) is 5.56 Å². The summed E-state index contributed by atoms with van der Waals surface area (Å²) < 4.78 is 5.29. The summed E-state index contributed by atoms with van der Waals surface area (Å²) in [6.07, 6.45) is 4.56. The van der Waals surface area contributed by atoms with Gasteiger partial charge in [-0.3, -0.25) is 4.79 Å². The fourth-order valence-electron chi connectivity index (χ4n) is 3.31. The maximum absolute atomic E-state index is 12.7. The molecule has 1 aromatic carbocycles. The van der Waals surface area contributed by atoms with Crippen LogP contribution in [-0.2, 0) is 17.6 Å². The lowest BCUT2D eigenvalue weighted by Crippen LogP contribution is -2.58. The van der Waals surface area contributed by atoms with Crippen molar-refractivity contribution in [2.45, 2.75) is 31.3 Å². The number of carbonyl (C=O) groups is 1. The van der Waals surface area contributed by atoms with Crippen LogP contribution in [0.2, 0.25) is 0 Å². The average Bonchev–Trinajstić information content (AvgIpc) is 3.15. The lowest BCUT2D eigenvalue weighted by molar-refractivity contribution is -0.156. The van der Waals surface area contributed by atoms with Crippen LogP contribution in [0.3, 0.4) is 0 Å². The Bertz CT molecular complexity index is 657. The summed E-state index contributed by atoms with van der Waals surface area (Å²) in [5, 5.41) is 14.0. The Morgan fingerprint density at radius 2 is 2.00 bits per heavy atom. The first kappa shape index (κ1) is 17.7. The standard InChI is InChI=1S/C20H26N2O3/c23-19-20(24,16-21-12-9-18-8-4-15-25-18)11-5-13-22(19)14-10-17-6-2-1-3-7-17/h1-4,6-8,15,21,24H,5,9-14,16H2/t20-/m1/s1. The molecule has 5 heteroatoms. The van der Waals surface area contributed by atoms with Crippen molar-refractivity contribution in [1.82, 2.24) is 10.2 Å². The molecule has 0 saturated carbocycles. The van der Waals surface area contributed by atoms with E-state index in [0.717, 1.165) is 31.6 Å². The molecule has 1 fully saturated rings. The van der Waals surface area contributed by atoms with Crippen molar-refractivity contribution >= 4 is 5.91 Å². The zero-order valence-corrected chi connectivity index (χ0v) is 14.5. The number of nitrogens with zero attached hydrogens (tertiary/aromatic N) is 1. The van der Waals surface area contributed by atoms with E-state index in [2.05, 4.69) is 17.4 Å². The molecule has 1 aliphatic heterocycles. The van der Waals surface area contributed by atoms with E-state index in [-0.39, 0.29) is 12.5 Å². The van der Waals surface area contributed by atoms with Crippen molar-refractivity contribution in [2.75, 3.05) is 26.2 Å². The van der Waals surface area contributed by atoms with Gasteiger partial charge >= 0.3 is 0 Å². The third-order valence-corrected chi connectivity index (χ3v) is 4.76. The summed E-state index contributed by atoms with van der Waals surface area (Å²) in [5.41, 5.74) is -0.0843. The van der Waals surface area contributed by atoms with Crippen molar-refractivity contribution in [3.05, 3.63) is 60.1 Å². The molecule has 1 aromatic heterocycles. The molecule has 1 atom stereocenters. The van der Waals surface area contributed by atoms with Gasteiger partial charge in [0.2, 0.25) is 0 Å². The van der Waals surface area contributed by atoms with E-state index in [0.29, 0.717) is 19.5 Å². The molecular weight excluding hydrogens is 316 g/mol. The van der Waals surface area contributed by atoms with Crippen LogP contribution in [-0.4, -0.2) is 47.7 Å². The molecule has 25 heavy (non-hydrogen) atoms. The molecule has 2 N–H and O–H groups in total. The van der Waals surface area contributed by atoms with Crippen molar-refractivity contribution in [2.24, 2.45) is 0 Å². The van der Waals surface area contributed by atoms with Crippen LogP contribution in [0.5, 0.6) is 0 Å². The molecule has 0 spiro atoms. The van der Waals surface area contributed by atoms with Crippen LogP contribution in [0.25, 0.3) is 0 Å². The zero-order chi connectivity index (χ0) is 17.5. The fraction of sp³-hybridized carbons (Fsp3) is 0.450. The Hall–Kier alpha value is -2.11. The molecule has 3 rings (SSSR count). The molecular formula is C20H26N2O3. The maximum Gasteiger partial charge on any atom is 0.255 e. The number of hydrogen-bond acceptors (Lipinski definition) is 4. The van der Waals surface area contributed by atoms with Crippen LogP contribution in [0.4, 0.5) is 0 Å². The predicted molar refractivity (Wildman–Crippen MR) is 96.2 cm³/mol. The van der Waals surface area contributed by atoms with Crippen LogP contribution in [0.1, 0.15) is 24.2 Å². The molecule has 134 valence electrons. The number of piperidine rings is 1. The van der Waals surface area contributed by atoms with Gasteiger partial charge in [0, 0.05) is 32.6 Å². The Kier molecular flexibility index (Phi) is 5.89. The van der Waals surface area contributed by atoms with Crippen molar-refractivity contribution < 1.29 is 14.3 Å². The summed E-state index contributed by atoms with van der Waals surface area (Å²) in [6, 6.07) is 13.9. The zero-order valence-electron chi connectivity index (χ0n) is 14.5. The second-order valence-corrected chi connectivity index (χ2v) is 6.67. The number of nitrogens with one attached hydrogen (secondary N) is 1. The molecule has 2 aromatic rings. The van der Waals surface area contributed by atoms with Crippen molar-refractivity contribution in [1.29, 1.82) is 0 Å². The average molecular weight is 342 g/mol. The first-order valence-corrected chi connectivity index (χ1v) is 8.96. The van der Waals surface area contributed by atoms with Crippen LogP contribution in [0.15, 0.2) is 53.1 Å². The number of amides is 1. The van der Waals surface area contributed by atoms with Gasteiger partial charge in [-0.15, -0.1) is 0 Å². The smallest absolute Gasteiger partial charge is 0.255 e. The van der Waals surface area contributed by atoms with Gasteiger partial charge in [0.1, 0.15) is 5.76 Å². The van der Waals surface area contributed by atoms with Gasteiger partial charge in [-0.05, 0) is 37.0 Å². The van der Waals surface area contributed by atoms with Crippen molar-refractivity contribution in [3.63, 3.8) is 0 Å². The molecule has 0 radical (unpaired) electrons. The summed E-state index contributed by atoms with van der Waals surface area (Å²) in [6.45, 7) is 2.33. The van der Waals surface area contributed by atoms with Crippen LogP contribution in [0, 0.1) is 0 Å². The molecule has 0 aliphatic carbocycles. The molecule has 1 aliphatic rings. The minimum Gasteiger partial charge on any atom is -0.469 e. The number of rotatable bonds is 8. The van der Waals surface area contributed by atoms with Crippen LogP contribution >= 0.6 is 0 Å². The van der Waals surface area contributed by atoms with E-state index in [1.807, 2.05) is 30.3 Å². The number of furan rings is 1. The molecule has 0 bridgehead atoms. The number of aliphatic hydroxyl groups is 1. The predicted octanol–water partition coefficient (Wildman–Crippen LogP) is 2.01. The Morgan fingerprint density at radius 3 is 2.76 bits per heavy atom. The number of carbonyl (C=O) groups excluding carboxylic acids is 1. The van der Waals surface area contributed by atoms with Gasteiger partial charge in [0.15, 0.2) is 5.60 Å². The van der Waals surface area contributed by atoms with Gasteiger partial charge in [-0.1, -0.05) is 30.3 Å².